The van der Waals surface area contributed by atoms with E-state index in [4.69, 9.17) is 4.74 Å². The molecule has 0 radical (unpaired) electrons. The molecule has 1 aromatic carbocycles. The molecular weight excluding hydrogens is 200 g/mol. The zero-order chi connectivity index (χ0) is 10.1. The maximum atomic E-state index is 10.7. The first kappa shape index (κ1) is 9.02. The first-order valence-electron chi connectivity index (χ1n) is 3.99. The van der Waals surface area contributed by atoms with E-state index < -0.39 is 0 Å². The lowest BCUT2D eigenvalue weighted by atomic mass is 10.2. The molecule has 4 heteroatoms. The molecule has 0 aliphatic rings. The van der Waals surface area contributed by atoms with Crippen LogP contribution in [-0.2, 0) is 0 Å². The standard InChI is InChI=1S/C10H8O3S/c1-13-9-3-7(12)2-8-6(4-11)5-14-10(8)9/h2-5,12H,1H3. The molecule has 1 aromatic heterocycles. The number of aldehydes is 1. The summed E-state index contributed by atoms with van der Waals surface area (Å²) in [6, 6.07) is 3.10. The predicted octanol–water partition coefficient (Wildman–Crippen LogP) is 2.43. The second kappa shape index (κ2) is 3.31. The first-order valence-corrected chi connectivity index (χ1v) is 4.87. The number of carbonyl (C=O) groups is 1. The van der Waals surface area contributed by atoms with Gasteiger partial charge in [-0.15, -0.1) is 11.3 Å². The Hall–Kier alpha value is -1.55. The Bertz CT molecular complexity index is 487. The second-order valence-corrected chi connectivity index (χ2v) is 3.71. The zero-order valence-electron chi connectivity index (χ0n) is 7.48. The van der Waals surface area contributed by atoms with Gasteiger partial charge in [0.15, 0.2) is 6.29 Å². The highest BCUT2D eigenvalue weighted by molar-refractivity contribution is 7.18. The van der Waals surface area contributed by atoms with Gasteiger partial charge in [0.25, 0.3) is 0 Å². The van der Waals surface area contributed by atoms with Crippen LogP contribution in [0, 0.1) is 0 Å². The van der Waals surface area contributed by atoms with Crippen molar-refractivity contribution >= 4 is 27.7 Å². The average molecular weight is 208 g/mol. The largest absolute Gasteiger partial charge is 0.508 e. The van der Waals surface area contributed by atoms with Crippen molar-refractivity contribution < 1.29 is 14.6 Å². The van der Waals surface area contributed by atoms with Gasteiger partial charge in [-0.05, 0) is 6.07 Å². The highest BCUT2D eigenvalue weighted by Gasteiger charge is 2.09. The molecule has 72 valence electrons. The third-order valence-corrected chi connectivity index (χ3v) is 3.03. The summed E-state index contributed by atoms with van der Waals surface area (Å²) >= 11 is 1.43. The molecule has 0 bridgehead atoms. The van der Waals surface area contributed by atoms with Crippen LogP contribution < -0.4 is 4.74 Å². The van der Waals surface area contributed by atoms with Crippen molar-refractivity contribution in [2.24, 2.45) is 0 Å². The number of hydrogen-bond acceptors (Lipinski definition) is 4. The molecule has 2 rings (SSSR count). The molecule has 0 fully saturated rings. The molecule has 0 atom stereocenters. The van der Waals surface area contributed by atoms with Crippen LogP contribution in [0.3, 0.4) is 0 Å². The van der Waals surface area contributed by atoms with E-state index in [1.807, 2.05) is 0 Å². The minimum atomic E-state index is 0.107. The molecule has 1 N–H and O–H groups in total. The molecule has 3 nitrogen and oxygen atoms in total. The molecule has 0 amide bonds. The summed E-state index contributed by atoms with van der Waals surface area (Å²) in [7, 11) is 1.54. The van der Waals surface area contributed by atoms with Gasteiger partial charge in [0.05, 0.1) is 11.8 Å². The van der Waals surface area contributed by atoms with Crippen molar-refractivity contribution in [2.75, 3.05) is 7.11 Å². The minimum Gasteiger partial charge on any atom is -0.508 e. The van der Waals surface area contributed by atoms with Crippen molar-refractivity contribution in [1.29, 1.82) is 0 Å². The third-order valence-electron chi connectivity index (χ3n) is 2.00. The van der Waals surface area contributed by atoms with Gasteiger partial charge in [0.1, 0.15) is 11.5 Å². The number of phenols is 1. The second-order valence-electron chi connectivity index (χ2n) is 2.83. The van der Waals surface area contributed by atoms with Crippen molar-refractivity contribution in [3.8, 4) is 11.5 Å². The number of carbonyl (C=O) groups excluding carboxylic acids is 1. The van der Waals surface area contributed by atoms with E-state index in [2.05, 4.69) is 0 Å². The van der Waals surface area contributed by atoms with E-state index in [1.165, 1.54) is 24.5 Å². The molecular formula is C10H8O3S. The van der Waals surface area contributed by atoms with E-state index >= 15 is 0 Å². The molecule has 0 aliphatic heterocycles. The van der Waals surface area contributed by atoms with Crippen LogP contribution in [0.2, 0.25) is 0 Å². The number of ether oxygens (including phenoxy) is 1. The Balaban J connectivity index is 2.83. The Kier molecular flexibility index (Phi) is 2.13. The lowest BCUT2D eigenvalue weighted by molar-refractivity contribution is 0.112. The predicted molar refractivity (Wildman–Crippen MR) is 55.4 cm³/mol. The third kappa shape index (κ3) is 1.24. The number of thiophene rings is 1. The van der Waals surface area contributed by atoms with E-state index in [0.717, 1.165) is 16.4 Å². The van der Waals surface area contributed by atoms with Gasteiger partial charge in [0.2, 0.25) is 0 Å². The van der Waals surface area contributed by atoms with Gasteiger partial charge in [-0.3, -0.25) is 4.79 Å². The Morgan fingerprint density at radius 2 is 2.29 bits per heavy atom. The van der Waals surface area contributed by atoms with Gasteiger partial charge in [-0.1, -0.05) is 0 Å². The van der Waals surface area contributed by atoms with Gasteiger partial charge < -0.3 is 9.84 Å². The van der Waals surface area contributed by atoms with Gasteiger partial charge >= 0.3 is 0 Å². The highest BCUT2D eigenvalue weighted by Crippen LogP contribution is 2.36. The fourth-order valence-electron chi connectivity index (χ4n) is 1.35. The van der Waals surface area contributed by atoms with Crippen LogP contribution in [0.4, 0.5) is 0 Å². The fraction of sp³-hybridized carbons (Fsp3) is 0.100. The first-order chi connectivity index (χ1) is 6.76. The van der Waals surface area contributed by atoms with Crippen molar-refractivity contribution in [1.82, 2.24) is 0 Å². The van der Waals surface area contributed by atoms with Gasteiger partial charge in [0, 0.05) is 22.4 Å². The summed E-state index contributed by atoms with van der Waals surface area (Å²) in [4.78, 5) is 10.7. The van der Waals surface area contributed by atoms with Crippen LogP contribution in [0.25, 0.3) is 10.1 Å². The van der Waals surface area contributed by atoms with Gasteiger partial charge in [-0.2, -0.15) is 0 Å². The number of rotatable bonds is 2. The van der Waals surface area contributed by atoms with E-state index in [0.29, 0.717) is 11.3 Å². The SMILES string of the molecule is COc1cc(O)cc2c(C=O)csc12. The van der Waals surface area contributed by atoms with E-state index in [-0.39, 0.29) is 5.75 Å². The van der Waals surface area contributed by atoms with E-state index in [9.17, 15) is 9.90 Å². The topological polar surface area (TPSA) is 46.5 Å². The average Bonchev–Trinajstić information content (AvgIpc) is 2.59. The Labute approximate surface area is 84.6 Å². The number of aromatic hydroxyl groups is 1. The fourth-order valence-corrected chi connectivity index (χ4v) is 2.34. The summed E-state index contributed by atoms with van der Waals surface area (Å²) in [5.74, 6) is 0.703. The Morgan fingerprint density at radius 3 is 2.93 bits per heavy atom. The summed E-state index contributed by atoms with van der Waals surface area (Å²) in [6.07, 6.45) is 0.776. The highest BCUT2D eigenvalue weighted by atomic mass is 32.1. The minimum absolute atomic E-state index is 0.107. The van der Waals surface area contributed by atoms with Crippen molar-refractivity contribution in [2.45, 2.75) is 0 Å². The van der Waals surface area contributed by atoms with Crippen LogP contribution in [-0.4, -0.2) is 18.5 Å². The molecule has 0 unspecified atom stereocenters. The monoisotopic (exact) mass is 208 g/mol. The molecule has 1 heterocycles. The number of benzene rings is 1. The van der Waals surface area contributed by atoms with Crippen molar-refractivity contribution in [3.63, 3.8) is 0 Å². The lowest BCUT2D eigenvalue weighted by Gasteiger charge is -2.02. The molecule has 2 aromatic rings. The zero-order valence-corrected chi connectivity index (χ0v) is 8.30. The quantitative estimate of drug-likeness (QED) is 0.771. The molecule has 0 aliphatic carbocycles. The van der Waals surface area contributed by atoms with E-state index in [1.54, 1.807) is 11.4 Å². The smallest absolute Gasteiger partial charge is 0.151 e. The number of methoxy groups -OCH3 is 1. The van der Waals surface area contributed by atoms with Crippen LogP contribution in [0.15, 0.2) is 17.5 Å². The summed E-state index contributed by atoms with van der Waals surface area (Å²) in [6.45, 7) is 0. The number of phenolic OH excluding ortho intramolecular Hbond substituents is 1. The number of fused-ring (bicyclic) bond motifs is 1. The van der Waals surface area contributed by atoms with Crippen LogP contribution in [0.5, 0.6) is 11.5 Å². The van der Waals surface area contributed by atoms with Crippen LogP contribution >= 0.6 is 11.3 Å². The van der Waals surface area contributed by atoms with Crippen LogP contribution in [0.1, 0.15) is 10.4 Å². The van der Waals surface area contributed by atoms with Crippen molar-refractivity contribution in [3.05, 3.63) is 23.1 Å². The lowest BCUT2D eigenvalue weighted by Crippen LogP contribution is -1.83. The van der Waals surface area contributed by atoms with Gasteiger partial charge in [-0.25, -0.2) is 0 Å². The summed E-state index contributed by atoms with van der Waals surface area (Å²) < 4.78 is 5.98. The maximum absolute atomic E-state index is 10.7. The Morgan fingerprint density at radius 1 is 1.50 bits per heavy atom. The summed E-state index contributed by atoms with van der Waals surface area (Å²) in [5, 5.41) is 11.9. The molecule has 14 heavy (non-hydrogen) atoms. The molecule has 0 saturated carbocycles. The summed E-state index contributed by atoms with van der Waals surface area (Å²) in [5.41, 5.74) is 0.583. The normalized spacial score (nSPS) is 10.4. The maximum Gasteiger partial charge on any atom is 0.151 e. The molecule has 0 spiro atoms. The molecule has 0 saturated heterocycles. The number of hydrogen-bond donors (Lipinski definition) is 1.